The highest BCUT2D eigenvalue weighted by Gasteiger charge is 2.40. The largest absolute Gasteiger partial charge is 0.512 e. The molecule has 1 atom stereocenters. The van der Waals surface area contributed by atoms with Crippen LogP contribution in [0, 0.1) is 0 Å². The molecule has 0 radical (unpaired) electrons. The maximum Gasteiger partial charge on any atom is 0.335 e. The molecule has 1 aliphatic rings. The monoisotopic (exact) mass is 280 g/mol. The maximum absolute atomic E-state index is 11.8. The molecule has 1 heterocycles. The predicted molar refractivity (Wildman–Crippen MR) is 79.7 cm³/mol. The molecule has 3 rings (SSSR count). The van der Waals surface area contributed by atoms with Gasteiger partial charge in [-0.25, -0.2) is 4.79 Å². The fraction of sp³-hybridized carbons (Fsp3) is 0.167. The zero-order valence-electron chi connectivity index (χ0n) is 11.5. The Morgan fingerprint density at radius 3 is 2.24 bits per heavy atom. The van der Waals surface area contributed by atoms with Crippen LogP contribution >= 0.6 is 0 Å². The van der Waals surface area contributed by atoms with E-state index in [9.17, 15) is 9.90 Å². The minimum Gasteiger partial charge on any atom is -0.512 e. The molecule has 2 aromatic rings. The number of esters is 1. The Labute approximate surface area is 123 Å². The zero-order chi connectivity index (χ0) is 14.7. The van der Waals surface area contributed by atoms with E-state index in [4.69, 9.17) is 4.74 Å². The van der Waals surface area contributed by atoms with Crippen molar-refractivity contribution in [3.63, 3.8) is 0 Å². The van der Waals surface area contributed by atoms with Crippen LogP contribution in [0.5, 0.6) is 0 Å². The lowest BCUT2D eigenvalue weighted by atomic mass is 9.82. The van der Waals surface area contributed by atoms with Gasteiger partial charge in [-0.05, 0) is 11.1 Å². The molecule has 0 amide bonds. The van der Waals surface area contributed by atoms with Gasteiger partial charge in [0.15, 0.2) is 0 Å². The SMILES string of the molecule is O=C1C=C(O)CC(Cc2ccccc2)(c2ccccc2)O1. The molecule has 1 N–H and O–H groups in total. The number of benzene rings is 2. The molecule has 0 saturated carbocycles. The summed E-state index contributed by atoms with van der Waals surface area (Å²) >= 11 is 0. The fourth-order valence-corrected chi connectivity index (χ4v) is 2.77. The molecule has 21 heavy (non-hydrogen) atoms. The second-order valence-electron chi connectivity index (χ2n) is 5.26. The van der Waals surface area contributed by atoms with Gasteiger partial charge in [0.2, 0.25) is 0 Å². The number of aliphatic hydroxyl groups excluding tert-OH is 1. The van der Waals surface area contributed by atoms with E-state index in [2.05, 4.69) is 0 Å². The number of aliphatic hydroxyl groups is 1. The summed E-state index contributed by atoms with van der Waals surface area (Å²) in [5, 5.41) is 9.91. The van der Waals surface area contributed by atoms with Gasteiger partial charge in [-0.15, -0.1) is 0 Å². The third-order valence-corrected chi connectivity index (χ3v) is 3.68. The second-order valence-corrected chi connectivity index (χ2v) is 5.26. The van der Waals surface area contributed by atoms with Crippen molar-refractivity contribution in [3.05, 3.63) is 83.6 Å². The van der Waals surface area contributed by atoms with E-state index < -0.39 is 11.6 Å². The van der Waals surface area contributed by atoms with E-state index in [0.29, 0.717) is 6.42 Å². The summed E-state index contributed by atoms with van der Waals surface area (Å²) in [5.41, 5.74) is 1.10. The molecule has 106 valence electrons. The first-order valence-corrected chi connectivity index (χ1v) is 6.90. The summed E-state index contributed by atoms with van der Waals surface area (Å²) in [6.45, 7) is 0. The Morgan fingerprint density at radius 1 is 1.00 bits per heavy atom. The van der Waals surface area contributed by atoms with Crippen LogP contribution in [0.4, 0.5) is 0 Å². The quantitative estimate of drug-likeness (QED) is 0.875. The molecule has 1 unspecified atom stereocenters. The lowest BCUT2D eigenvalue weighted by Crippen LogP contribution is -2.37. The fourth-order valence-electron chi connectivity index (χ4n) is 2.77. The van der Waals surface area contributed by atoms with Crippen LogP contribution in [0.25, 0.3) is 0 Å². The van der Waals surface area contributed by atoms with Crippen LogP contribution < -0.4 is 0 Å². The van der Waals surface area contributed by atoms with Crippen molar-refractivity contribution < 1.29 is 14.6 Å². The van der Waals surface area contributed by atoms with Crippen molar-refractivity contribution in [1.29, 1.82) is 0 Å². The third kappa shape index (κ3) is 2.82. The summed E-state index contributed by atoms with van der Waals surface area (Å²) in [5.74, 6) is -0.440. The standard InChI is InChI=1S/C18H16O3/c19-16-11-17(20)21-18(13-16,15-9-5-2-6-10-15)12-14-7-3-1-4-8-14/h1-11,19H,12-13H2. The van der Waals surface area contributed by atoms with Gasteiger partial charge in [0, 0.05) is 12.8 Å². The minimum atomic E-state index is -0.849. The molecule has 3 nitrogen and oxygen atoms in total. The van der Waals surface area contributed by atoms with Crippen LogP contribution in [0.1, 0.15) is 17.5 Å². The van der Waals surface area contributed by atoms with Crippen LogP contribution in [-0.4, -0.2) is 11.1 Å². The number of carbonyl (C=O) groups excluding carboxylic acids is 1. The average molecular weight is 280 g/mol. The molecular formula is C18H16O3. The number of ether oxygens (including phenoxy) is 1. The topological polar surface area (TPSA) is 46.5 Å². The summed E-state index contributed by atoms with van der Waals surface area (Å²) in [4.78, 5) is 11.8. The molecule has 0 aliphatic carbocycles. The van der Waals surface area contributed by atoms with Gasteiger partial charge in [0.1, 0.15) is 11.4 Å². The first kappa shape index (κ1) is 13.4. The van der Waals surface area contributed by atoms with Gasteiger partial charge in [-0.1, -0.05) is 60.7 Å². The number of hydrogen-bond donors (Lipinski definition) is 1. The smallest absolute Gasteiger partial charge is 0.335 e. The van der Waals surface area contributed by atoms with Crippen LogP contribution in [0.3, 0.4) is 0 Å². The molecule has 3 heteroatoms. The molecule has 0 aromatic heterocycles. The Balaban J connectivity index is 2.03. The van der Waals surface area contributed by atoms with E-state index in [1.807, 2.05) is 60.7 Å². The zero-order valence-corrected chi connectivity index (χ0v) is 11.5. The number of rotatable bonds is 3. The highest BCUT2D eigenvalue weighted by molar-refractivity contribution is 5.84. The van der Waals surface area contributed by atoms with E-state index in [-0.39, 0.29) is 12.2 Å². The Morgan fingerprint density at radius 2 is 1.62 bits per heavy atom. The summed E-state index contributed by atoms with van der Waals surface area (Å²) in [6.07, 6.45) is 1.96. The average Bonchev–Trinajstić information content (AvgIpc) is 2.48. The van der Waals surface area contributed by atoms with Crippen LogP contribution in [-0.2, 0) is 21.6 Å². The predicted octanol–water partition coefficient (Wildman–Crippen LogP) is 3.51. The maximum atomic E-state index is 11.8. The highest BCUT2D eigenvalue weighted by Crippen LogP contribution is 2.38. The summed E-state index contributed by atoms with van der Waals surface area (Å²) < 4.78 is 5.66. The lowest BCUT2D eigenvalue weighted by Gasteiger charge is -2.36. The van der Waals surface area contributed by atoms with E-state index in [1.54, 1.807) is 0 Å². The molecular weight excluding hydrogens is 264 g/mol. The van der Waals surface area contributed by atoms with Crippen molar-refractivity contribution in [2.45, 2.75) is 18.4 Å². The van der Waals surface area contributed by atoms with Crippen LogP contribution in [0.2, 0.25) is 0 Å². The number of hydrogen-bond acceptors (Lipinski definition) is 3. The first-order valence-electron chi connectivity index (χ1n) is 6.90. The second kappa shape index (κ2) is 5.44. The normalized spacial score (nSPS) is 21.5. The van der Waals surface area contributed by atoms with Crippen LogP contribution in [0.15, 0.2) is 72.5 Å². The number of carbonyl (C=O) groups is 1. The van der Waals surface area contributed by atoms with E-state index in [1.165, 1.54) is 0 Å². The van der Waals surface area contributed by atoms with Gasteiger partial charge >= 0.3 is 5.97 Å². The van der Waals surface area contributed by atoms with E-state index >= 15 is 0 Å². The molecule has 0 fully saturated rings. The van der Waals surface area contributed by atoms with E-state index in [0.717, 1.165) is 17.2 Å². The molecule has 0 spiro atoms. The van der Waals surface area contributed by atoms with Crippen molar-refractivity contribution >= 4 is 5.97 Å². The minimum absolute atomic E-state index is 0.0611. The Hall–Kier alpha value is -2.55. The van der Waals surface area contributed by atoms with Crippen molar-refractivity contribution in [2.24, 2.45) is 0 Å². The first-order chi connectivity index (χ1) is 10.2. The van der Waals surface area contributed by atoms with Gasteiger partial charge in [0.05, 0.1) is 6.08 Å². The van der Waals surface area contributed by atoms with Crippen molar-refractivity contribution in [1.82, 2.24) is 0 Å². The van der Waals surface area contributed by atoms with Crippen molar-refractivity contribution in [3.8, 4) is 0 Å². The van der Waals surface area contributed by atoms with Crippen molar-refractivity contribution in [2.75, 3.05) is 0 Å². The summed E-state index contributed by atoms with van der Waals surface area (Å²) in [7, 11) is 0. The molecule has 2 aromatic carbocycles. The van der Waals surface area contributed by atoms with Gasteiger partial charge in [0.25, 0.3) is 0 Å². The molecule has 1 aliphatic heterocycles. The highest BCUT2D eigenvalue weighted by atomic mass is 16.6. The Kier molecular flexibility index (Phi) is 3.48. The Bertz CT molecular complexity index is 661. The molecule has 0 bridgehead atoms. The van der Waals surface area contributed by atoms with Gasteiger partial charge < -0.3 is 9.84 Å². The van der Waals surface area contributed by atoms with Gasteiger partial charge in [-0.2, -0.15) is 0 Å². The molecule has 0 saturated heterocycles. The summed E-state index contributed by atoms with van der Waals surface area (Å²) in [6, 6.07) is 19.4. The number of cyclic esters (lactones) is 1. The van der Waals surface area contributed by atoms with Gasteiger partial charge in [-0.3, -0.25) is 0 Å². The third-order valence-electron chi connectivity index (χ3n) is 3.68. The lowest BCUT2D eigenvalue weighted by molar-refractivity contribution is -0.158.